The molecule has 0 spiro atoms. The van der Waals surface area contributed by atoms with E-state index in [1.807, 2.05) is 41.3 Å². The highest BCUT2D eigenvalue weighted by atomic mass is 35.5. The second kappa shape index (κ2) is 9.59. The zero-order valence-electron chi connectivity index (χ0n) is 17.1. The van der Waals surface area contributed by atoms with Crippen LogP contribution >= 0.6 is 23.4 Å². The van der Waals surface area contributed by atoms with Crippen LogP contribution in [0.3, 0.4) is 0 Å². The van der Waals surface area contributed by atoms with Crippen molar-refractivity contribution in [2.45, 2.75) is 17.6 Å². The molecule has 154 valence electrons. The fourth-order valence-corrected chi connectivity index (χ4v) is 4.72. The van der Waals surface area contributed by atoms with E-state index in [-0.39, 0.29) is 5.91 Å². The van der Waals surface area contributed by atoms with Crippen LogP contribution < -0.4 is 4.90 Å². The number of nitrogens with zero attached hydrogens (tertiary/aromatic N) is 2. The summed E-state index contributed by atoms with van der Waals surface area (Å²) in [6.07, 6.45) is 0. The van der Waals surface area contributed by atoms with Gasteiger partial charge in [-0.15, -0.1) is 11.8 Å². The van der Waals surface area contributed by atoms with Gasteiger partial charge < -0.3 is 9.80 Å². The molecule has 4 rings (SSSR count). The summed E-state index contributed by atoms with van der Waals surface area (Å²) in [5.41, 5.74) is 4.36. The molecule has 0 unspecified atom stereocenters. The number of anilines is 1. The molecular formula is C25H25ClN2OS. The second-order valence-electron chi connectivity index (χ2n) is 7.51. The maximum atomic E-state index is 12.9. The summed E-state index contributed by atoms with van der Waals surface area (Å²) < 4.78 is 0. The first-order chi connectivity index (χ1) is 14.6. The third-order valence-corrected chi connectivity index (χ3v) is 6.75. The monoisotopic (exact) mass is 436 g/mol. The molecule has 3 aromatic rings. The molecule has 1 heterocycles. The van der Waals surface area contributed by atoms with Crippen molar-refractivity contribution in [2.24, 2.45) is 0 Å². The van der Waals surface area contributed by atoms with Gasteiger partial charge in [-0.2, -0.15) is 0 Å². The molecule has 1 aliphatic heterocycles. The van der Waals surface area contributed by atoms with Crippen LogP contribution in [0, 0.1) is 6.92 Å². The number of aryl methyl sites for hydroxylation is 1. The van der Waals surface area contributed by atoms with E-state index in [4.69, 9.17) is 11.6 Å². The maximum absolute atomic E-state index is 12.9. The summed E-state index contributed by atoms with van der Waals surface area (Å²) >= 11 is 7.98. The molecule has 0 bridgehead atoms. The van der Waals surface area contributed by atoms with Crippen molar-refractivity contribution in [3.05, 3.63) is 94.5 Å². The SMILES string of the molecule is Cc1ccc(Cl)cc1N1CCN(C(=O)c2ccc(CSc3ccccc3)cc2)CC1. The highest BCUT2D eigenvalue weighted by molar-refractivity contribution is 7.98. The molecule has 5 heteroatoms. The fourth-order valence-electron chi connectivity index (χ4n) is 3.68. The van der Waals surface area contributed by atoms with Crippen LogP contribution in [-0.2, 0) is 5.75 Å². The molecule has 3 nitrogen and oxygen atoms in total. The number of piperazine rings is 1. The molecule has 0 aliphatic carbocycles. The van der Waals surface area contributed by atoms with E-state index in [2.05, 4.69) is 48.2 Å². The number of carbonyl (C=O) groups excluding carboxylic acids is 1. The Kier molecular flexibility index (Phi) is 6.66. The normalized spacial score (nSPS) is 14.1. The minimum Gasteiger partial charge on any atom is -0.368 e. The summed E-state index contributed by atoms with van der Waals surface area (Å²) in [7, 11) is 0. The van der Waals surface area contributed by atoms with Gasteiger partial charge in [-0.3, -0.25) is 4.79 Å². The number of hydrogen-bond donors (Lipinski definition) is 0. The van der Waals surface area contributed by atoms with Gasteiger partial charge in [0.15, 0.2) is 0 Å². The van der Waals surface area contributed by atoms with Crippen LogP contribution in [0.1, 0.15) is 21.5 Å². The van der Waals surface area contributed by atoms with Gasteiger partial charge in [0.05, 0.1) is 0 Å². The van der Waals surface area contributed by atoms with E-state index in [1.54, 1.807) is 11.8 Å². The Morgan fingerprint density at radius 1 is 0.933 bits per heavy atom. The summed E-state index contributed by atoms with van der Waals surface area (Å²) in [5, 5.41) is 0.750. The number of thioether (sulfide) groups is 1. The quantitative estimate of drug-likeness (QED) is 0.465. The Balaban J connectivity index is 1.33. The van der Waals surface area contributed by atoms with Gasteiger partial charge in [-0.1, -0.05) is 48.0 Å². The van der Waals surface area contributed by atoms with E-state index in [0.29, 0.717) is 0 Å². The molecule has 0 atom stereocenters. The number of hydrogen-bond acceptors (Lipinski definition) is 3. The van der Waals surface area contributed by atoms with Gasteiger partial charge in [0.25, 0.3) is 5.91 Å². The van der Waals surface area contributed by atoms with Crippen molar-refractivity contribution >= 4 is 35.0 Å². The summed E-state index contributed by atoms with van der Waals surface area (Å²) in [6.45, 7) is 5.17. The Morgan fingerprint density at radius 3 is 2.33 bits per heavy atom. The molecule has 0 saturated carbocycles. The smallest absolute Gasteiger partial charge is 0.253 e. The summed E-state index contributed by atoms with van der Waals surface area (Å²) in [6, 6.07) is 24.4. The fraction of sp³-hybridized carbons (Fsp3) is 0.240. The van der Waals surface area contributed by atoms with Crippen molar-refractivity contribution in [3.63, 3.8) is 0 Å². The van der Waals surface area contributed by atoms with Crippen LogP contribution in [0.4, 0.5) is 5.69 Å². The van der Waals surface area contributed by atoms with Gasteiger partial charge in [0.1, 0.15) is 0 Å². The Bertz CT molecular complexity index is 999. The lowest BCUT2D eigenvalue weighted by Gasteiger charge is -2.37. The largest absolute Gasteiger partial charge is 0.368 e. The van der Waals surface area contributed by atoms with Gasteiger partial charge in [-0.25, -0.2) is 0 Å². The van der Waals surface area contributed by atoms with Crippen LogP contribution in [0.5, 0.6) is 0 Å². The summed E-state index contributed by atoms with van der Waals surface area (Å²) in [4.78, 5) is 18.5. The van der Waals surface area contributed by atoms with E-state index >= 15 is 0 Å². The molecular weight excluding hydrogens is 412 g/mol. The first-order valence-electron chi connectivity index (χ1n) is 10.2. The summed E-state index contributed by atoms with van der Waals surface area (Å²) in [5.74, 6) is 1.01. The lowest BCUT2D eigenvalue weighted by Crippen LogP contribution is -2.49. The highest BCUT2D eigenvalue weighted by Crippen LogP contribution is 2.26. The standard InChI is InChI=1S/C25H25ClN2OS/c1-19-7-12-22(26)17-24(19)27-13-15-28(16-14-27)25(29)21-10-8-20(9-11-21)18-30-23-5-3-2-4-6-23/h2-12,17H,13-16,18H2,1H3. The minimum absolute atomic E-state index is 0.111. The molecule has 1 saturated heterocycles. The number of rotatable bonds is 5. The average Bonchev–Trinajstić information content (AvgIpc) is 2.80. The third-order valence-electron chi connectivity index (χ3n) is 5.43. The molecule has 1 aliphatic rings. The first kappa shape index (κ1) is 20.8. The van der Waals surface area contributed by atoms with Crippen molar-refractivity contribution in [3.8, 4) is 0 Å². The van der Waals surface area contributed by atoms with E-state index < -0.39 is 0 Å². The Morgan fingerprint density at radius 2 is 1.63 bits per heavy atom. The molecule has 0 aromatic heterocycles. The predicted molar refractivity (Wildman–Crippen MR) is 127 cm³/mol. The van der Waals surface area contributed by atoms with Gasteiger partial charge in [0.2, 0.25) is 0 Å². The second-order valence-corrected chi connectivity index (χ2v) is 8.99. The van der Waals surface area contributed by atoms with Crippen molar-refractivity contribution in [1.82, 2.24) is 4.90 Å². The lowest BCUT2D eigenvalue weighted by molar-refractivity contribution is 0.0747. The van der Waals surface area contributed by atoms with Gasteiger partial charge >= 0.3 is 0 Å². The third kappa shape index (κ3) is 5.00. The molecule has 3 aromatic carbocycles. The Labute approximate surface area is 187 Å². The topological polar surface area (TPSA) is 23.6 Å². The van der Waals surface area contributed by atoms with Crippen LogP contribution in [0.25, 0.3) is 0 Å². The molecule has 0 radical (unpaired) electrons. The number of amides is 1. The number of benzene rings is 3. The van der Waals surface area contributed by atoms with E-state index in [9.17, 15) is 4.79 Å². The van der Waals surface area contributed by atoms with Crippen LogP contribution in [-0.4, -0.2) is 37.0 Å². The van der Waals surface area contributed by atoms with Gasteiger partial charge in [0, 0.05) is 53.1 Å². The lowest BCUT2D eigenvalue weighted by atomic mass is 10.1. The van der Waals surface area contributed by atoms with Crippen molar-refractivity contribution in [2.75, 3.05) is 31.1 Å². The van der Waals surface area contributed by atoms with Gasteiger partial charge in [-0.05, 0) is 54.4 Å². The van der Waals surface area contributed by atoms with Crippen LogP contribution in [0.15, 0.2) is 77.7 Å². The van der Waals surface area contributed by atoms with Crippen molar-refractivity contribution < 1.29 is 4.79 Å². The highest BCUT2D eigenvalue weighted by Gasteiger charge is 2.23. The number of halogens is 1. The maximum Gasteiger partial charge on any atom is 0.253 e. The van der Waals surface area contributed by atoms with E-state index in [1.165, 1.54) is 16.0 Å². The molecule has 30 heavy (non-hydrogen) atoms. The molecule has 0 N–H and O–H groups in total. The molecule has 1 fully saturated rings. The molecule has 1 amide bonds. The number of carbonyl (C=O) groups is 1. The van der Waals surface area contributed by atoms with E-state index in [0.717, 1.165) is 48.2 Å². The van der Waals surface area contributed by atoms with Crippen LogP contribution in [0.2, 0.25) is 5.02 Å². The zero-order valence-corrected chi connectivity index (χ0v) is 18.6. The Hall–Kier alpha value is -2.43. The zero-order chi connectivity index (χ0) is 20.9. The first-order valence-corrected chi connectivity index (χ1v) is 11.5. The average molecular weight is 437 g/mol. The predicted octanol–water partition coefficient (Wildman–Crippen LogP) is 5.90. The minimum atomic E-state index is 0.111. The van der Waals surface area contributed by atoms with Crippen molar-refractivity contribution in [1.29, 1.82) is 0 Å².